The van der Waals surface area contributed by atoms with Gasteiger partial charge in [0.25, 0.3) is 0 Å². The van der Waals surface area contributed by atoms with Gasteiger partial charge >= 0.3 is 0 Å². The van der Waals surface area contributed by atoms with Crippen LogP contribution in [0.3, 0.4) is 0 Å². The maximum Gasteiger partial charge on any atom is 0.0426 e. The molecule has 0 spiro atoms. The van der Waals surface area contributed by atoms with Gasteiger partial charge in [-0.05, 0) is 62.8 Å². The lowest BCUT2D eigenvalue weighted by atomic mass is 9.93. The number of nitrogens with one attached hydrogen (secondary N) is 2. The molecule has 2 N–H and O–H groups in total. The van der Waals surface area contributed by atoms with Gasteiger partial charge in [0.2, 0.25) is 0 Å². The second-order valence-corrected chi connectivity index (χ2v) is 6.44. The fourth-order valence-corrected chi connectivity index (χ4v) is 3.85. The van der Waals surface area contributed by atoms with Crippen LogP contribution in [-0.2, 0) is 0 Å². The van der Waals surface area contributed by atoms with Gasteiger partial charge < -0.3 is 10.6 Å². The van der Waals surface area contributed by atoms with Gasteiger partial charge in [-0.2, -0.15) is 0 Å². The minimum atomic E-state index is 0.604. The molecule has 19 heavy (non-hydrogen) atoms. The van der Waals surface area contributed by atoms with Crippen LogP contribution in [-0.4, -0.2) is 18.6 Å². The molecule has 2 nitrogen and oxygen atoms in total. The third-order valence-corrected chi connectivity index (χ3v) is 4.96. The summed E-state index contributed by atoms with van der Waals surface area (Å²) < 4.78 is 0. The highest BCUT2D eigenvalue weighted by Crippen LogP contribution is 2.34. The smallest absolute Gasteiger partial charge is 0.0426 e. The Kier molecular flexibility index (Phi) is 3.99. The van der Waals surface area contributed by atoms with E-state index < -0.39 is 0 Å². The van der Waals surface area contributed by atoms with Gasteiger partial charge in [-0.25, -0.2) is 0 Å². The van der Waals surface area contributed by atoms with Crippen molar-refractivity contribution in [1.29, 1.82) is 0 Å². The Balaban J connectivity index is 1.72. The van der Waals surface area contributed by atoms with Crippen LogP contribution in [0, 0.1) is 12.8 Å². The first-order valence-corrected chi connectivity index (χ1v) is 7.88. The Hall–Kier alpha value is -0.730. The van der Waals surface area contributed by atoms with E-state index in [1.807, 2.05) is 6.07 Å². The van der Waals surface area contributed by atoms with Gasteiger partial charge in [-0.3, -0.25) is 0 Å². The monoisotopic (exact) mass is 278 g/mol. The Bertz CT molecular complexity index is 440. The van der Waals surface area contributed by atoms with E-state index in [9.17, 15) is 0 Å². The second kappa shape index (κ2) is 5.72. The molecule has 2 fully saturated rings. The number of rotatable bonds is 3. The third kappa shape index (κ3) is 2.90. The summed E-state index contributed by atoms with van der Waals surface area (Å²) in [5.41, 5.74) is 2.50. The number of anilines is 1. The second-order valence-electron chi connectivity index (χ2n) is 6.01. The molecule has 1 aliphatic heterocycles. The van der Waals surface area contributed by atoms with Crippen LogP contribution in [0.25, 0.3) is 0 Å². The van der Waals surface area contributed by atoms with E-state index in [0.29, 0.717) is 6.04 Å². The molecule has 1 aromatic rings. The average molecular weight is 279 g/mol. The van der Waals surface area contributed by atoms with E-state index >= 15 is 0 Å². The highest BCUT2D eigenvalue weighted by molar-refractivity contribution is 6.30. The van der Waals surface area contributed by atoms with Crippen molar-refractivity contribution >= 4 is 17.3 Å². The summed E-state index contributed by atoms with van der Waals surface area (Å²) in [6.07, 6.45) is 6.67. The van der Waals surface area contributed by atoms with Crippen molar-refractivity contribution < 1.29 is 0 Å². The summed E-state index contributed by atoms with van der Waals surface area (Å²) >= 11 is 6.11. The molecule has 2 aliphatic rings. The zero-order chi connectivity index (χ0) is 13.2. The molecule has 0 amide bonds. The lowest BCUT2D eigenvalue weighted by molar-refractivity contribution is 0.376. The van der Waals surface area contributed by atoms with E-state index in [1.54, 1.807) is 0 Å². The van der Waals surface area contributed by atoms with Crippen LogP contribution in [0.2, 0.25) is 5.02 Å². The first-order chi connectivity index (χ1) is 9.24. The standard InChI is InChI=1S/C16H23ClN2/c1-11-7-8-12(17)10-16(11)19-15-5-2-4-13(15)14-6-3-9-18-14/h7-8,10,13-15,18-19H,2-6,9H2,1H3. The van der Waals surface area contributed by atoms with Crippen LogP contribution in [0.1, 0.15) is 37.7 Å². The van der Waals surface area contributed by atoms with Crippen molar-refractivity contribution in [2.45, 2.75) is 51.1 Å². The summed E-state index contributed by atoms with van der Waals surface area (Å²) in [4.78, 5) is 0. The molecular formula is C16H23ClN2. The molecular weight excluding hydrogens is 256 g/mol. The Morgan fingerprint density at radius 3 is 2.89 bits per heavy atom. The van der Waals surface area contributed by atoms with Crippen LogP contribution in [0.4, 0.5) is 5.69 Å². The Morgan fingerprint density at radius 2 is 2.11 bits per heavy atom. The molecule has 1 heterocycles. The normalized spacial score (nSPS) is 30.7. The van der Waals surface area contributed by atoms with Gasteiger partial charge in [0, 0.05) is 22.8 Å². The van der Waals surface area contributed by atoms with Gasteiger partial charge in [0.1, 0.15) is 0 Å². The molecule has 1 saturated heterocycles. The molecule has 3 heteroatoms. The molecule has 1 aromatic carbocycles. The van der Waals surface area contributed by atoms with E-state index in [1.165, 1.54) is 49.9 Å². The fraction of sp³-hybridized carbons (Fsp3) is 0.625. The van der Waals surface area contributed by atoms with Gasteiger partial charge in [-0.1, -0.05) is 24.1 Å². The molecule has 0 aromatic heterocycles. The van der Waals surface area contributed by atoms with E-state index in [4.69, 9.17) is 11.6 Å². The largest absolute Gasteiger partial charge is 0.382 e. The lowest BCUT2D eigenvalue weighted by Crippen LogP contribution is -2.38. The maximum absolute atomic E-state index is 6.11. The molecule has 0 radical (unpaired) electrons. The SMILES string of the molecule is Cc1ccc(Cl)cc1NC1CCCC1C1CCCN1. The summed E-state index contributed by atoms with van der Waals surface area (Å²) in [7, 11) is 0. The predicted molar refractivity (Wildman–Crippen MR) is 82.0 cm³/mol. The van der Waals surface area contributed by atoms with Crippen molar-refractivity contribution in [2.24, 2.45) is 5.92 Å². The number of halogens is 1. The summed E-state index contributed by atoms with van der Waals surface area (Å²) in [5.74, 6) is 0.779. The quantitative estimate of drug-likeness (QED) is 0.874. The highest BCUT2D eigenvalue weighted by atomic mass is 35.5. The van der Waals surface area contributed by atoms with Gasteiger partial charge in [0.05, 0.1) is 0 Å². The Morgan fingerprint density at radius 1 is 1.21 bits per heavy atom. The summed E-state index contributed by atoms with van der Waals surface area (Å²) in [6.45, 7) is 3.35. The molecule has 3 rings (SSSR count). The fourth-order valence-electron chi connectivity index (χ4n) is 3.68. The summed E-state index contributed by atoms with van der Waals surface area (Å²) in [6, 6.07) is 7.45. The Labute approximate surface area is 120 Å². The van der Waals surface area contributed by atoms with E-state index in [-0.39, 0.29) is 0 Å². The lowest BCUT2D eigenvalue weighted by Gasteiger charge is -2.28. The molecule has 104 valence electrons. The zero-order valence-electron chi connectivity index (χ0n) is 11.6. The highest BCUT2D eigenvalue weighted by Gasteiger charge is 2.34. The molecule has 0 bridgehead atoms. The van der Waals surface area contributed by atoms with Crippen molar-refractivity contribution in [3.05, 3.63) is 28.8 Å². The maximum atomic E-state index is 6.11. The summed E-state index contributed by atoms with van der Waals surface area (Å²) in [5, 5.41) is 8.25. The predicted octanol–water partition coefficient (Wildman–Crippen LogP) is 3.98. The topological polar surface area (TPSA) is 24.1 Å². The van der Waals surface area contributed by atoms with Gasteiger partial charge in [-0.15, -0.1) is 0 Å². The van der Waals surface area contributed by atoms with Crippen LogP contribution in [0.5, 0.6) is 0 Å². The van der Waals surface area contributed by atoms with Crippen LogP contribution >= 0.6 is 11.6 Å². The van der Waals surface area contributed by atoms with Crippen molar-refractivity contribution in [2.75, 3.05) is 11.9 Å². The minimum absolute atomic E-state index is 0.604. The average Bonchev–Trinajstić information content (AvgIpc) is 3.03. The number of aryl methyl sites for hydroxylation is 1. The molecule has 1 saturated carbocycles. The van der Waals surface area contributed by atoms with Crippen LogP contribution < -0.4 is 10.6 Å². The van der Waals surface area contributed by atoms with Crippen LogP contribution in [0.15, 0.2) is 18.2 Å². The zero-order valence-corrected chi connectivity index (χ0v) is 12.3. The minimum Gasteiger partial charge on any atom is -0.382 e. The van der Waals surface area contributed by atoms with Crippen molar-refractivity contribution in [3.8, 4) is 0 Å². The number of hydrogen-bond acceptors (Lipinski definition) is 2. The van der Waals surface area contributed by atoms with Crippen molar-refractivity contribution in [3.63, 3.8) is 0 Å². The number of benzene rings is 1. The first kappa shape index (κ1) is 13.3. The third-order valence-electron chi connectivity index (χ3n) is 4.73. The van der Waals surface area contributed by atoms with E-state index in [2.05, 4.69) is 29.7 Å². The number of hydrogen-bond donors (Lipinski definition) is 2. The first-order valence-electron chi connectivity index (χ1n) is 7.50. The molecule has 3 atom stereocenters. The molecule has 1 aliphatic carbocycles. The van der Waals surface area contributed by atoms with Crippen molar-refractivity contribution in [1.82, 2.24) is 5.32 Å². The van der Waals surface area contributed by atoms with Gasteiger partial charge in [0.15, 0.2) is 0 Å². The van der Waals surface area contributed by atoms with E-state index in [0.717, 1.165) is 17.0 Å². The molecule has 3 unspecified atom stereocenters.